The van der Waals surface area contributed by atoms with Crippen LogP contribution in [0.15, 0.2) is 59.8 Å². The van der Waals surface area contributed by atoms with Crippen LogP contribution in [0.5, 0.6) is 0 Å². The van der Waals surface area contributed by atoms with Gasteiger partial charge in [-0.1, -0.05) is 35.5 Å². The number of anilines is 2. The molecule has 5 nitrogen and oxygen atoms in total. The quantitative estimate of drug-likeness (QED) is 0.524. The number of nitrogens with one attached hydrogen (secondary N) is 1. The van der Waals surface area contributed by atoms with Gasteiger partial charge in [-0.2, -0.15) is 0 Å². The maximum Gasteiger partial charge on any atom is 0.228 e. The molecule has 5 heteroatoms. The van der Waals surface area contributed by atoms with Gasteiger partial charge < -0.3 is 15.1 Å². The molecule has 0 aliphatic rings. The monoisotopic (exact) mass is 311 g/mol. The maximum absolute atomic E-state index is 12.0. The molecule has 0 spiro atoms. The summed E-state index contributed by atoms with van der Waals surface area (Å²) in [6, 6.07) is 17.3. The third-order valence-electron chi connectivity index (χ3n) is 3.45. The molecule has 2 aromatic rings. The van der Waals surface area contributed by atoms with E-state index in [1.165, 1.54) is 7.11 Å². The van der Waals surface area contributed by atoms with E-state index in [4.69, 9.17) is 4.84 Å². The fourth-order valence-corrected chi connectivity index (χ4v) is 2.13. The van der Waals surface area contributed by atoms with Crippen molar-refractivity contribution >= 4 is 23.1 Å². The van der Waals surface area contributed by atoms with Crippen molar-refractivity contribution < 1.29 is 9.63 Å². The molecule has 0 aromatic heterocycles. The normalized spacial score (nSPS) is 11.0. The van der Waals surface area contributed by atoms with Crippen LogP contribution >= 0.6 is 0 Å². The van der Waals surface area contributed by atoms with Gasteiger partial charge in [-0.25, -0.2) is 0 Å². The number of benzene rings is 2. The molecule has 0 saturated carbocycles. The molecule has 0 bridgehead atoms. The molecule has 0 radical (unpaired) electrons. The number of amidine groups is 1. The molecule has 23 heavy (non-hydrogen) atoms. The topological polar surface area (TPSA) is 53.9 Å². The van der Waals surface area contributed by atoms with Gasteiger partial charge >= 0.3 is 0 Å². The lowest BCUT2D eigenvalue weighted by atomic mass is 10.1. The molecule has 0 aliphatic carbocycles. The largest absolute Gasteiger partial charge is 0.398 e. The molecule has 0 unspecified atom stereocenters. The van der Waals surface area contributed by atoms with Crippen LogP contribution in [-0.2, 0) is 16.1 Å². The second-order valence-electron chi connectivity index (χ2n) is 5.14. The summed E-state index contributed by atoms with van der Waals surface area (Å²) >= 11 is 0. The minimum atomic E-state index is -0.0329. The Labute approximate surface area is 136 Å². The van der Waals surface area contributed by atoms with E-state index in [-0.39, 0.29) is 5.91 Å². The average molecular weight is 311 g/mol. The number of carbonyl (C=O) groups is 1. The van der Waals surface area contributed by atoms with Crippen LogP contribution in [0.3, 0.4) is 0 Å². The molecular weight excluding hydrogens is 290 g/mol. The fourth-order valence-electron chi connectivity index (χ4n) is 2.13. The predicted molar refractivity (Wildman–Crippen MR) is 93.7 cm³/mol. The summed E-state index contributed by atoms with van der Waals surface area (Å²) in [4.78, 5) is 18.7. The zero-order valence-electron chi connectivity index (χ0n) is 13.6. The number of hydrogen-bond donors (Lipinski definition) is 1. The van der Waals surface area contributed by atoms with Crippen molar-refractivity contribution in [2.45, 2.75) is 13.3 Å². The highest BCUT2D eigenvalue weighted by molar-refractivity contribution is 5.96. The summed E-state index contributed by atoms with van der Waals surface area (Å²) < 4.78 is 0. The van der Waals surface area contributed by atoms with Gasteiger partial charge in [-0.05, 0) is 36.8 Å². The van der Waals surface area contributed by atoms with Crippen molar-refractivity contribution in [3.05, 3.63) is 60.2 Å². The Bertz CT molecular complexity index is 666. The van der Waals surface area contributed by atoms with Crippen molar-refractivity contribution in [1.29, 1.82) is 0 Å². The number of carbonyl (C=O) groups excluding carboxylic acids is 1. The summed E-state index contributed by atoms with van der Waals surface area (Å²) in [5, 5.41) is 6.79. The second kappa shape index (κ2) is 7.98. The Hall–Kier alpha value is -2.82. The summed E-state index contributed by atoms with van der Waals surface area (Å²) in [5.74, 6) is 0.711. The van der Waals surface area contributed by atoms with Crippen molar-refractivity contribution in [2.75, 3.05) is 24.4 Å². The van der Waals surface area contributed by atoms with Crippen LogP contribution in [0.25, 0.3) is 0 Å². The van der Waals surface area contributed by atoms with E-state index < -0.39 is 0 Å². The van der Waals surface area contributed by atoms with Crippen molar-refractivity contribution in [2.24, 2.45) is 5.16 Å². The molecule has 0 heterocycles. The predicted octanol–water partition coefficient (Wildman–Crippen LogP) is 3.28. The van der Waals surface area contributed by atoms with Crippen LogP contribution in [-0.4, -0.2) is 25.9 Å². The highest BCUT2D eigenvalue weighted by Crippen LogP contribution is 2.17. The van der Waals surface area contributed by atoms with Gasteiger partial charge in [0.05, 0.1) is 6.42 Å². The molecule has 1 N–H and O–H groups in total. The zero-order chi connectivity index (χ0) is 16.7. The highest BCUT2D eigenvalue weighted by atomic mass is 16.6. The van der Waals surface area contributed by atoms with Crippen LogP contribution in [0.2, 0.25) is 0 Å². The van der Waals surface area contributed by atoms with E-state index in [9.17, 15) is 4.79 Å². The van der Waals surface area contributed by atoms with Crippen LogP contribution in [0.4, 0.5) is 11.4 Å². The van der Waals surface area contributed by atoms with Crippen molar-refractivity contribution in [3.63, 3.8) is 0 Å². The molecular formula is C18H21N3O2. The van der Waals surface area contributed by atoms with Gasteiger partial charge in [0.1, 0.15) is 12.9 Å². The van der Waals surface area contributed by atoms with Gasteiger partial charge in [-0.15, -0.1) is 0 Å². The Morgan fingerprint density at radius 2 is 1.78 bits per heavy atom. The number of oxime groups is 1. The third-order valence-corrected chi connectivity index (χ3v) is 3.45. The van der Waals surface area contributed by atoms with Gasteiger partial charge in [-0.3, -0.25) is 4.79 Å². The minimum Gasteiger partial charge on any atom is -0.398 e. The molecule has 2 aromatic carbocycles. The number of amides is 1. The molecule has 1 amide bonds. The lowest BCUT2D eigenvalue weighted by Gasteiger charge is -2.18. The summed E-state index contributed by atoms with van der Waals surface area (Å²) in [6.45, 7) is 1.86. The number of nitrogens with zero attached hydrogens (tertiary/aromatic N) is 2. The minimum absolute atomic E-state index is 0.0329. The third kappa shape index (κ3) is 4.85. The first-order chi connectivity index (χ1) is 11.1. The Kier molecular flexibility index (Phi) is 5.74. The van der Waals surface area contributed by atoms with Crippen LogP contribution in [0, 0.1) is 0 Å². The zero-order valence-corrected chi connectivity index (χ0v) is 13.6. The SMILES string of the molecule is CON=C(C)N(C)c1ccc(NC(=O)Cc2ccccc2)cc1. The molecule has 120 valence electrons. The van der Waals surface area contributed by atoms with Gasteiger partial charge in [0.15, 0.2) is 0 Å². The average Bonchev–Trinajstić information content (AvgIpc) is 2.56. The van der Waals surface area contributed by atoms with E-state index in [1.807, 2.05) is 73.5 Å². The van der Waals surface area contributed by atoms with E-state index >= 15 is 0 Å². The molecule has 2 rings (SSSR count). The second-order valence-corrected chi connectivity index (χ2v) is 5.14. The summed E-state index contributed by atoms with van der Waals surface area (Å²) in [5.41, 5.74) is 2.72. The van der Waals surface area contributed by atoms with Gasteiger partial charge in [0, 0.05) is 18.4 Å². The smallest absolute Gasteiger partial charge is 0.228 e. The molecule has 0 atom stereocenters. The van der Waals surface area contributed by atoms with Gasteiger partial charge in [0.2, 0.25) is 5.91 Å². The first-order valence-electron chi connectivity index (χ1n) is 7.35. The van der Waals surface area contributed by atoms with Crippen LogP contribution in [0.1, 0.15) is 12.5 Å². The highest BCUT2D eigenvalue weighted by Gasteiger charge is 2.07. The number of rotatable bonds is 5. The summed E-state index contributed by atoms with van der Waals surface area (Å²) in [6.07, 6.45) is 0.363. The van der Waals surface area contributed by atoms with Crippen molar-refractivity contribution in [1.82, 2.24) is 0 Å². The lowest BCUT2D eigenvalue weighted by Crippen LogP contribution is -2.23. The van der Waals surface area contributed by atoms with E-state index in [0.717, 1.165) is 22.8 Å². The Morgan fingerprint density at radius 3 is 2.39 bits per heavy atom. The van der Waals surface area contributed by atoms with Crippen LogP contribution < -0.4 is 10.2 Å². The molecule has 0 saturated heterocycles. The maximum atomic E-state index is 12.0. The fraction of sp³-hybridized carbons (Fsp3) is 0.222. The Morgan fingerprint density at radius 1 is 1.13 bits per heavy atom. The van der Waals surface area contributed by atoms with Crippen molar-refractivity contribution in [3.8, 4) is 0 Å². The first kappa shape index (κ1) is 16.5. The number of hydrogen-bond acceptors (Lipinski definition) is 3. The van der Waals surface area contributed by atoms with E-state index in [2.05, 4.69) is 10.5 Å². The molecule has 0 aliphatic heterocycles. The van der Waals surface area contributed by atoms with E-state index in [1.54, 1.807) is 0 Å². The molecule has 0 fully saturated rings. The lowest BCUT2D eigenvalue weighted by molar-refractivity contribution is -0.115. The summed E-state index contributed by atoms with van der Waals surface area (Å²) in [7, 11) is 3.42. The standard InChI is InChI=1S/C18H21N3O2/c1-14(20-23-3)21(2)17-11-9-16(10-12-17)19-18(22)13-15-7-5-4-6-8-15/h4-12H,13H2,1-3H3,(H,19,22). The van der Waals surface area contributed by atoms with E-state index in [0.29, 0.717) is 6.42 Å². The Balaban J connectivity index is 1.97. The first-order valence-corrected chi connectivity index (χ1v) is 7.35. The van der Waals surface area contributed by atoms with Gasteiger partial charge in [0.25, 0.3) is 0 Å².